The summed E-state index contributed by atoms with van der Waals surface area (Å²) in [5.74, 6) is -0.154. The molecule has 1 amide bonds. The fraction of sp³-hybridized carbons (Fsp3) is 0.316. The Morgan fingerprint density at radius 2 is 1.70 bits per heavy atom. The summed E-state index contributed by atoms with van der Waals surface area (Å²) in [6.07, 6.45) is 0. The highest BCUT2D eigenvalue weighted by Gasteiger charge is 2.10. The van der Waals surface area contributed by atoms with E-state index in [1.165, 1.54) is 5.69 Å². The highest BCUT2D eigenvalue weighted by Crippen LogP contribution is 2.24. The molecule has 0 aliphatic heterocycles. The average Bonchev–Trinajstić information content (AvgIpc) is 2.61. The van der Waals surface area contributed by atoms with E-state index in [1.807, 2.05) is 37.3 Å². The Kier molecular flexibility index (Phi) is 6.18. The smallest absolute Gasteiger partial charge is 0.224 e. The number of hydrogen-bond acceptors (Lipinski definition) is 3. The van der Waals surface area contributed by atoms with Gasteiger partial charge in [0.1, 0.15) is 0 Å². The van der Waals surface area contributed by atoms with Gasteiger partial charge >= 0.3 is 0 Å². The van der Waals surface area contributed by atoms with Crippen molar-refractivity contribution in [2.24, 2.45) is 11.7 Å². The predicted molar refractivity (Wildman–Crippen MR) is 95.6 cm³/mol. The van der Waals surface area contributed by atoms with Crippen molar-refractivity contribution in [1.29, 1.82) is 0 Å². The van der Waals surface area contributed by atoms with E-state index in [1.54, 1.807) is 0 Å². The van der Waals surface area contributed by atoms with E-state index in [0.29, 0.717) is 13.1 Å². The number of carbonyl (C=O) groups excluding carboxylic acids is 1. The van der Waals surface area contributed by atoms with Gasteiger partial charge in [-0.05, 0) is 36.8 Å². The van der Waals surface area contributed by atoms with Crippen molar-refractivity contribution >= 4 is 17.3 Å². The Labute approximate surface area is 138 Å². The first-order chi connectivity index (χ1) is 11.2. The summed E-state index contributed by atoms with van der Waals surface area (Å²) in [7, 11) is 0. The van der Waals surface area contributed by atoms with Crippen molar-refractivity contribution in [3.8, 4) is 0 Å². The molecule has 0 fully saturated rings. The van der Waals surface area contributed by atoms with E-state index in [9.17, 15) is 4.79 Å². The SMILES string of the molecule is CCN(c1ccccc1)c1ccc(CNC(=O)C(C)CN)cc1. The molecule has 4 nitrogen and oxygen atoms in total. The molecule has 1 atom stereocenters. The quantitative estimate of drug-likeness (QED) is 0.826. The van der Waals surface area contributed by atoms with E-state index in [0.717, 1.165) is 17.8 Å². The maximum Gasteiger partial charge on any atom is 0.224 e. The maximum atomic E-state index is 11.8. The molecule has 23 heavy (non-hydrogen) atoms. The first kappa shape index (κ1) is 17.0. The van der Waals surface area contributed by atoms with Gasteiger partial charge in [-0.1, -0.05) is 37.3 Å². The summed E-state index contributed by atoms with van der Waals surface area (Å²) in [6.45, 7) is 5.76. The van der Waals surface area contributed by atoms with Gasteiger partial charge in [0.25, 0.3) is 0 Å². The molecular weight excluding hydrogens is 286 g/mol. The van der Waals surface area contributed by atoms with Crippen LogP contribution in [0.5, 0.6) is 0 Å². The molecule has 2 rings (SSSR count). The zero-order valence-electron chi connectivity index (χ0n) is 13.8. The van der Waals surface area contributed by atoms with Crippen LogP contribution in [0.2, 0.25) is 0 Å². The highest BCUT2D eigenvalue weighted by atomic mass is 16.1. The van der Waals surface area contributed by atoms with Crippen LogP contribution >= 0.6 is 0 Å². The van der Waals surface area contributed by atoms with Crippen LogP contribution in [-0.2, 0) is 11.3 Å². The summed E-state index contributed by atoms with van der Waals surface area (Å²) in [6, 6.07) is 18.6. The van der Waals surface area contributed by atoms with Crippen LogP contribution in [0.4, 0.5) is 11.4 Å². The third-order valence-electron chi connectivity index (χ3n) is 3.90. The Morgan fingerprint density at radius 3 is 2.26 bits per heavy atom. The van der Waals surface area contributed by atoms with Gasteiger partial charge in [-0.2, -0.15) is 0 Å². The van der Waals surface area contributed by atoms with Crippen LogP contribution in [0.3, 0.4) is 0 Å². The monoisotopic (exact) mass is 311 g/mol. The number of carbonyl (C=O) groups is 1. The number of nitrogens with zero attached hydrogens (tertiary/aromatic N) is 1. The average molecular weight is 311 g/mol. The van der Waals surface area contributed by atoms with Gasteiger partial charge in [-0.25, -0.2) is 0 Å². The number of rotatable bonds is 7. The maximum absolute atomic E-state index is 11.8. The number of hydrogen-bond donors (Lipinski definition) is 2. The number of nitrogens with one attached hydrogen (secondary N) is 1. The van der Waals surface area contributed by atoms with E-state index in [2.05, 4.69) is 41.4 Å². The van der Waals surface area contributed by atoms with Crippen LogP contribution < -0.4 is 16.0 Å². The zero-order valence-corrected chi connectivity index (χ0v) is 13.8. The molecule has 0 aliphatic carbocycles. The molecule has 4 heteroatoms. The van der Waals surface area contributed by atoms with Crippen molar-refractivity contribution < 1.29 is 4.79 Å². The van der Waals surface area contributed by atoms with E-state index in [-0.39, 0.29) is 11.8 Å². The lowest BCUT2D eigenvalue weighted by Crippen LogP contribution is -2.32. The lowest BCUT2D eigenvalue weighted by atomic mass is 10.1. The minimum atomic E-state index is -0.150. The second-order valence-electron chi connectivity index (χ2n) is 5.60. The lowest BCUT2D eigenvalue weighted by Gasteiger charge is -2.23. The summed E-state index contributed by atoms with van der Waals surface area (Å²) < 4.78 is 0. The van der Waals surface area contributed by atoms with Gasteiger partial charge < -0.3 is 16.0 Å². The molecular formula is C19H25N3O. The predicted octanol–water partition coefficient (Wildman–Crippen LogP) is 3.06. The fourth-order valence-corrected chi connectivity index (χ4v) is 2.39. The molecule has 0 spiro atoms. The first-order valence-corrected chi connectivity index (χ1v) is 8.05. The Balaban J connectivity index is 2.02. The molecule has 0 aliphatic rings. The van der Waals surface area contributed by atoms with Gasteiger partial charge in [-0.15, -0.1) is 0 Å². The number of nitrogens with two attached hydrogens (primary N) is 1. The van der Waals surface area contributed by atoms with Gasteiger partial charge in [0.05, 0.1) is 0 Å². The molecule has 0 saturated carbocycles. The first-order valence-electron chi connectivity index (χ1n) is 8.05. The van der Waals surface area contributed by atoms with Gasteiger partial charge in [-0.3, -0.25) is 4.79 Å². The summed E-state index contributed by atoms with van der Waals surface area (Å²) in [5.41, 5.74) is 8.90. The zero-order chi connectivity index (χ0) is 16.7. The minimum Gasteiger partial charge on any atom is -0.352 e. The molecule has 2 aromatic carbocycles. The fourth-order valence-electron chi connectivity index (χ4n) is 2.39. The summed E-state index contributed by atoms with van der Waals surface area (Å²) in [5, 5.41) is 2.91. The molecule has 1 unspecified atom stereocenters. The van der Waals surface area contributed by atoms with E-state index in [4.69, 9.17) is 5.73 Å². The molecule has 0 heterocycles. The standard InChI is InChI=1S/C19H25N3O/c1-3-22(17-7-5-4-6-8-17)18-11-9-16(10-12-18)14-21-19(23)15(2)13-20/h4-12,15H,3,13-14,20H2,1-2H3,(H,21,23). The third-order valence-corrected chi connectivity index (χ3v) is 3.90. The number of benzene rings is 2. The Morgan fingerprint density at radius 1 is 1.09 bits per heavy atom. The van der Waals surface area contributed by atoms with Crippen LogP contribution in [0, 0.1) is 5.92 Å². The molecule has 0 saturated heterocycles. The van der Waals surface area contributed by atoms with Gasteiger partial charge in [0, 0.05) is 36.9 Å². The number of amides is 1. The van der Waals surface area contributed by atoms with Gasteiger partial charge in [0.2, 0.25) is 5.91 Å². The normalized spacial score (nSPS) is 11.8. The molecule has 0 aromatic heterocycles. The van der Waals surface area contributed by atoms with Crippen LogP contribution in [0.15, 0.2) is 54.6 Å². The van der Waals surface area contributed by atoms with Crippen molar-refractivity contribution in [1.82, 2.24) is 5.32 Å². The van der Waals surface area contributed by atoms with Crippen LogP contribution in [-0.4, -0.2) is 19.0 Å². The topological polar surface area (TPSA) is 58.4 Å². The van der Waals surface area contributed by atoms with Gasteiger partial charge in [0.15, 0.2) is 0 Å². The second-order valence-corrected chi connectivity index (χ2v) is 5.60. The number of anilines is 2. The second kappa shape index (κ2) is 8.34. The molecule has 0 bridgehead atoms. The Hall–Kier alpha value is -2.33. The highest BCUT2D eigenvalue weighted by molar-refractivity contribution is 5.78. The van der Waals surface area contributed by atoms with Crippen molar-refractivity contribution in [2.75, 3.05) is 18.0 Å². The minimum absolute atomic E-state index is 0.00366. The van der Waals surface area contributed by atoms with Crippen molar-refractivity contribution in [3.63, 3.8) is 0 Å². The molecule has 122 valence electrons. The van der Waals surface area contributed by atoms with Crippen molar-refractivity contribution in [2.45, 2.75) is 20.4 Å². The largest absolute Gasteiger partial charge is 0.352 e. The number of para-hydroxylation sites is 1. The Bertz CT molecular complexity index is 610. The molecule has 0 radical (unpaired) electrons. The lowest BCUT2D eigenvalue weighted by molar-refractivity contribution is -0.124. The third kappa shape index (κ3) is 4.57. The van der Waals surface area contributed by atoms with Crippen LogP contribution in [0.1, 0.15) is 19.4 Å². The summed E-state index contributed by atoms with van der Waals surface area (Å²) >= 11 is 0. The van der Waals surface area contributed by atoms with E-state index < -0.39 is 0 Å². The van der Waals surface area contributed by atoms with Crippen molar-refractivity contribution in [3.05, 3.63) is 60.2 Å². The summed E-state index contributed by atoms with van der Waals surface area (Å²) in [4.78, 5) is 14.0. The van der Waals surface area contributed by atoms with E-state index >= 15 is 0 Å². The molecule has 2 aromatic rings. The van der Waals surface area contributed by atoms with Crippen LogP contribution in [0.25, 0.3) is 0 Å². The molecule has 3 N–H and O–H groups in total.